The van der Waals surface area contributed by atoms with E-state index in [1.807, 2.05) is 7.05 Å². The van der Waals surface area contributed by atoms with E-state index in [9.17, 15) is 0 Å². The first-order valence-electron chi connectivity index (χ1n) is 3.19. The molecule has 0 aromatic carbocycles. The molecule has 2 nitrogen and oxygen atoms in total. The van der Waals surface area contributed by atoms with E-state index in [4.69, 9.17) is 0 Å². The first kappa shape index (κ1) is 7.04. The van der Waals surface area contributed by atoms with E-state index in [0.29, 0.717) is 0 Å². The van der Waals surface area contributed by atoms with Gasteiger partial charge in [-0.1, -0.05) is 15.5 Å². The van der Waals surface area contributed by atoms with Crippen LogP contribution >= 0.6 is 9.39 Å². The van der Waals surface area contributed by atoms with Crippen LogP contribution in [0.25, 0.3) is 0 Å². The molecule has 0 saturated carbocycles. The zero-order valence-corrected chi connectivity index (χ0v) is 6.88. The van der Waals surface area contributed by atoms with E-state index in [1.165, 1.54) is 5.70 Å². The molecule has 1 aliphatic rings. The summed E-state index contributed by atoms with van der Waals surface area (Å²) in [6.07, 6.45) is 3.37. The fourth-order valence-electron chi connectivity index (χ4n) is 0.912. The van der Waals surface area contributed by atoms with Crippen LogP contribution in [0.1, 0.15) is 6.42 Å². The maximum absolute atomic E-state index is 3.15. The summed E-state index contributed by atoms with van der Waals surface area (Å²) in [4.78, 5) is 0. The van der Waals surface area contributed by atoms with Crippen molar-refractivity contribution in [2.75, 3.05) is 20.1 Å². The van der Waals surface area contributed by atoms with Crippen LogP contribution in [0.3, 0.4) is 0 Å². The summed E-state index contributed by atoms with van der Waals surface area (Å²) in [7, 11) is 4.68. The van der Waals surface area contributed by atoms with E-state index in [0.717, 1.165) is 19.5 Å². The van der Waals surface area contributed by atoms with Gasteiger partial charge in [0.1, 0.15) is 0 Å². The van der Waals surface area contributed by atoms with Crippen molar-refractivity contribution in [2.45, 2.75) is 6.42 Å². The molecule has 1 N–H and O–H groups in total. The zero-order chi connectivity index (χ0) is 6.69. The van der Waals surface area contributed by atoms with Gasteiger partial charge in [-0.25, -0.2) is 0 Å². The third-order valence-corrected chi connectivity index (χ3v) is 2.03. The van der Waals surface area contributed by atoms with Crippen LogP contribution in [-0.2, 0) is 0 Å². The molecular formula is C6H13N2P. The molecule has 9 heavy (non-hydrogen) atoms. The molecule has 0 fully saturated rings. The van der Waals surface area contributed by atoms with E-state index >= 15 is 0 Å². The smallest absolute Gasteiger partial charge is 0.0217 e. The molecule has 1 heterocycles. The Morgan fingerprint density at radius 2 is 2.56 bits per heavy atom. The van der Waals surface area contributed by atoms with Gasteiger partial charge >= 0.3 is 0 Å². The molecule has 52 valence electrons. The Morgan fingerprint density at radius 3 is 3.00 bits per heavy atom. The van der Waals surface area contributed by atoms with Gasteiger partial charge in [0.2, 0.25) is 0 Å². The topological polar surface area (TPSA) is 15.3 Å². The lowest BCUT2D eigenvalue weighted by molar-refractivity contribution is 0.488. The van der Waals surface area contributed by atoms with E-state index in [1.54, 1.807) is 0 Å². The molecule has 0 amide bonds. The van der Waals surface area contributed by atoms with Crippen molar-refractivity contribution in [1.82, 2.24) is 9.99 Å². The van der Waals surface area contributed by atoms with Crippen LogP contribution in [-0.4, -0.2) is 24.8 Å². The number of hydrogen-bond acceptors (Lipinski definition) is 2. The average Bonchev–Trinajstić information content (AvgIpc) is 1.90. The van der Waals surface area contributed by atoms with Crippen molar-refractivity contribution in [1.29, 1.82) is 0 Å². The van der Waals surface area contributed by atoms with Gasteiger partial charge in [0.15, 0.2) is 0 Å². The van der Waals surface area contributed by atoms with E-state index in [-0.39, 0.29) is 0 Å². The molecule has 1 rings (SSSR count). The monoisotopic (exact) mass is 144 g/mol. The Bertz CT molecular complexity index is 122. The van der Waals surface area contributed by atoms with Gasteiger partial charge in [0.25, 0.3) is 0 Å². The lowest BCUT2D eigenvalue weighted by Crippen LogP contribution is -2.22. The Labute approximate surface area is 58.6 Å². The Balaban J connectivity index is 2.40. The standard InChI is InChI=1S/C6H13N2P/c1-7-6-2-4-8(9)5-3-6/h2,7H,3-5,9H2,1H3. The number of hydrogen-bond donors (Lipinski definition) is 1. The van der Waals surface area contributed by atoms with Crippen LogP contribution in [0.15, 0.2) is 11.8 Å². The first-order valence-corrected chi connectivity index (χ1v) is 3.71. The minimum Gasteiger partial charge on any atom is -0.392 e. The Hall–Kier alpha value is -0.0700. The highest BCUT2D eigenvalue weighted by atomic mass is 31.0. The van der Waals surface area contributed by atoms with Crippen LogP contribution in [0.2, 0.25) is 0 Å². The number of rotatable bonds is 1. The van der Waals surface area contributed by atoms with Crippen molar-refractivity contribution in [3.05, 3.63) is 11.8 Å². The summed E-state index contributed by atoms with van der Waals surface area (Å²) in [5.74, 6) is 0. The highest BCUT2D eigenvalue weighted by molar-refractivity contribution is 7.13. The molecule has 0 bridgehead atoms. The van der Waals surface area contributed by atoms with Crippen molar-refractivity contribution in [2.24, 2.45) is 0 Å². The molecular weight excluding hydrogens is 131 g/mol. The van der Waals surface area contributed by atoms with Gasteiger partial charge in [-0.3, -0.25) is 4.67 Å². The van der Waals surface area contributed by atoms with Gasteiger partial charge in [0, 0.05) is 25.8 Å². The van der Waals surface area contributed by atoms with Crippen molar-refractivity contribution in [3.8, 4) is 0 Å². The fraction of sp³-hybridized carbons (Fsp3) is 0.667. The molecule has 0 spiro atoms. The van der Waals surface area contributed by atoms with Gasteiger partial charge in [-0.05, 0) is 6.42 Å². The number of nitrogens with zero attached hydrogens (tertiary/aromatic N) is 1. The lowest BCUT2D eigenvalue weighted by Gasteiger charge is -2.20. The molecule has 1 unspecified atom stereocenters. The normalized spacial score (nSPS) is 21.3. The lowest BCUT2D eigenvalue weighted by atomic mass is 10.2. The summed E-state index contributed by atoms with van der Waals surface area (Å²) in [5.41, 5.74) is 1.37. The third kappa shape index (κ3) is 1.96. The summed E-state index contributed by atoms with van der Waals surface area (Å²) < 4.78 is 2.22. The minimum atomic E-state index is 1.06. The fourth-order valence-corrected chi connectivity index (χ4v) is 1.15. The average molecular weight is 144 g/mol. The molecule has 3 heteroatoms. The second-order valence-electron chi connectivity index (χ2n) is 2.22. The van der Waals surface area contributed by atoms with Crippen LogP contribution in [0.5, 0.6) is 0 Å². The van der Waals surface area contributed by atoms with E-state index in [2.05, 4.69) is 25.5 Å². The van der Waals surface area contributed by atoms with Gasteiger partial charge in [-0.15, -0.1) is 0 Å². The molecule has 0 aromatic heterocycles. The number of nitrogens with one attached hydrogen (secondary N) is 1. The maximum atomic E-state index is 3.15. The molecule has 0 aliphatic carbocycles. The van der Waals surface area contributed by atoms with Crippen LogP contribution in [0, 0.1) is 0 Å². The molecule has 1 aliphatic heterocycles. The van der Waals surface area contributed by atoms with Crippen molar-refractivity contribution in [3.63, 3.8) is 0 Å². The highest BCUT2D eigenvalue weighted by Crippen LogP contribution is 2.10. The zero-order valence-electron chi connectivity index (χ0n) is 5.72. The van der Waals surface area contributed by atoms with Crippen molar-refractivity contribution < 1.29 is 0 Å². The third-order valence-electron chi connectivity index (χ3n) is 1.56. The quantitative estimate of drug-likeness (QED) is 0.542. The maximum Gasteiger partial charge on any atom is 0.0217 e. The van der Waals surface area contributed by atoms with Crippen LogP contribution < -0.4 is 5.32 Å². The van der Waals surface area contributed by atoms with Gasteiger partial charge in [0.05, 0.1) is 0 Å². The highest BCUT2D eigenvalue weighted by Gasteiger charge is 2.04. The second-order valence-corrected chi connectivity index (χ2v) is 2.95. The molecule has 0 aromatic rings. The summed E-state index contributed by atoms with van der Waals surface area (Å²) in [5, 5.41) is 3.15. The Morgan fingerprint density at radius 1 is 1.78 bits per heavy atom. The predicted octanol–water partition coefficient (Wildman–Crippen LogP) is 0.586. The second kappa shape index (κ2) is 3.19. The molecule has 1 atom stereocenters. The molecule has 0 radical (unpaired) electrons. The largest absolute Gasteiger partial charge is 0.392 e. The summed E-state index contributed by atoms with van der Waals surface area (Å²) in [6, 6.07) is 0. The molecule has 0 saturated heterocycles. The SMILES string of the molecule is CNC1=CCN(P)CC1. The summed E-state index contributed by atoms with van der Waals surface area (Å²) in [6.45, 7) is 2.21. The predicted molar refractivity (Wildman–Crippen MR) is 43.0 cm³/mol. The first-order chi connectivity index (χ1) is 4.33. The van der Waals surface area contributed by atoms with Gasteiger partial charge in [-0.2, -0.15) is 0 Å². The van der Waals surface area contributed by atoms with E-state index < -0.39 is 0 Å². The summed E-state index contributed by atoms with van der Waals surface area (Å²) >= 11 is 0. The van der Waals surface area contributed by atoms with Crippen molar-refractivity contribution >= 4 is 9.39 Å². The van der Waals surface area contributed by atoms with Crippen LogP contribution in [0.4, 0.5) is 0 Å². The Kier molecular flexibility index (Phi) is 2.49. The minimum absolute atomic E-state index is 1.06. The van der Waals surface area contributed by atoms with Gasteiger partial charge < -0.3 is 5.32 Å².